The van der Waals surface area contributed by atoms with E-state index in [9.17, 15) is 0 Å². The van der Waals surface area contributed by atoms with Gasteiger partial charge in [0.15, 0.2) is 0 Å². The van der Waals surface area contributed by atoms with Crippen molar-refractivity contribution >= 4 is 11.3 Å². The molecule has 13 heavy (non-hydrogen) atoms. The van der Waals surface area contributed by atoms with E-state index in [-0.39, 0.29) is 5.41 Å². The third-order valence-electron chi connectivity index (χ3n) is 2.20. The summed E-state index contributed by atoms with van der Waals surface area (Å²) in [6.07, 6.45) is 0. The second-order valence-electron chi connectivity index (χ2n) is 4.39. The first kappa shape index (κ1) is 10.7. The molecule has 0 radical (unpaired) electrons. The fourth-order valence-corrected chi connectivity index (χ4v) is 2.70. The van der Waals surface area contributed by atoms with Gasteiger partial charge in [-0.1, -0.05) is 20.8 Å². The number of aryl methyl sites for hydroxylation is 1. The zero-order chi connectivity index (χ0) is 10.1. The molecule has 0 saturated carbocycles. The lowest BCUT2D eigenvalue weighted by Crippen LogP contribution is -2.29. The molecular formula is C10H18N2S. The van der Waals surface area contributed by atoms with E-state index in [0.717, 1.165) is 5.69 Å². The van der Waals surface area contributed by atoms with Crippen molar-refractivity contribution in [1.29, 1.82) is 0 Å². The number of rotatable bonds is 2. The van der Waals surface area contributed by atoms with Gasteiger partial charge in [0.05, 0.1) is 11.2 Å². The zero-order valence-electron chi connectivity index (χ0n) is 9.01. The van der Waals surface area contributed by atoms with Crippen LogP contribution in [-0.4, -0.2) is 12.0 Å². The molecule has 0 bridgehead atoms. The lowest BCUT2D eigenvalue weighted by molar-refractivity contribution is 0.290. The summed E-state index contributed by atoms with van der Waals surface area (Å²) in [5, 5.41) is 3.36. The van der Waals surface area contributed by atoms with E-state index >= 15 is 0 Å². The summed E-state index contributed by atoms with van der Waals surface area (Å²) in [4.78, 5) is 5.63. The maximum atomic E-state index is 4.28. The molecular weight excluding hydrogens is 180 g/mol. The number of hydrogen-bond acceptors (Lipinski definition) is 3. The summed E-state index contributed by atoms with van der Waals surface area (Å²) in [5.74, 6) is 0. The molecule has 0 spiro atoms. The molecule has 0 aliphatic rings. The Morgan fingerprint density at radius 3 is 2.38 bits per heavy atom. The predicted molar refractivity (Wildman–Crippen MR) is 58.1 cm³/mol. The largest absolute Gasteiger partial charge is 0.312 e. The van der Waals surface area contributed by atoms with Crippen LogP contribution in [0.4, 0.5) is 0 Å². The van der Waals surface area contributed by atoms with Gasteiger partial charge in [-0.2, -0.15) is 0 Å². The summed E-state index contributed by atoms with van der Waals surface area (Å²) in [6, 6.07) is 0.403. The Morgan fingerprint density at radius 2 is 2.08 bits per heavy atom. The Morgan fingerprint density at radius 1 is 1.46 bits per heavy atom. The highest BCUT2D eigenvalue weighted by Crippen LogP contribution is 2.35. The Bertz CT molecular complexity index is 273. The van der Waals surface area contributed by atoms with E-state index in [4.69, 9.17) is 0 Å². The smallest absolute Gasteiger partial charge is 0.0798 e. The van der Waals surface area contributed by atoms with Crippen molar-refractivity contribution in [2.24, 2.45) is 5.41 Å². The van der Waals surface area contributed by atoms with E-state index in [2.05, 4.69) is 38.0 Å². The van der Waals surface area contributed by atoms with Gasteiger partial charge in [0, 0.05) is 10.9 Å². The van der Waals surface area contributed by atoms with Crippen LogP contribution < -0.4 is 5.32 Å². The molecule has 1 heterocycles. The Hall–Kier alpha value is -0.410. The van der Waals surface area contributed by atoms with Crippen LogP contribution in [0.1, 0.15) is 37.4 Å². The predicted octanol–water partition coefficient (Wildman–Crippen LogP) is 2.76. The Labute approximate surface area is 84.4 Å². The number of nitrogens with zero attached hydrogens (tertiary/aromatic N) is 1. The Kier molecular flexibility index (Phi) is 3.09. The van der Waals surface area contributed by atoms with Crippen LogP contribution in [0.3, 0.4) is 0 Å². The molecule has 1 aromatic heterocycles. The molecule has 1 unspecified atom stereocenters. The van der Waals surface area contributed by atoms with Crippen LogP contribution in [0.2, 0.25) is 0 Å². The van der Waals surface area contributed by atoms with Crippen LogP contribution in [0.15, 0.2) is 5.51 Å². The second kappa shape index (κ2) is 3.76. The maximum Gasteiger partial charge on any atom is 0.0798 e. The van der Waals surface area contributed by atoms with E-state index in [0.29, 0.717) is 6.04 Å². The molecule has 1 rings (SSSR count). The van der Waals surface area contributed by atoms with Gasteiger partial charge in [0.1, 0.15) is 0 Å². The molecule has 0 fully saturated rings. The molecule has 1 N–H and O–H groups in total. The summed E-state index contributed by atoms with van der Waals surface area (Å²) in [6.45, 7) is 8.80. The minimum absolute atomic E-state index is 0.242. The number of nitrogens with one attached hydrogen (secondary N) is 1. The number of thiazole rings is 1. The monoisotopic (exact) mass is 198 g/mol. The second-order valence-corrected chi connectivity index (χ2v) is 5.28. The van der Waals surface area contributed by atoms with Gasteiger partial charge in [-0.05, 0) is 19.4 Å². The van der Waals surface area contributed by atoms with Gasteiger partial charge in [0.2, 0.25) is 0 Å². The highest BCUT2D eigenvalue weighted by molar-refractivity contribution is 7.09. The van der Waals surface area contributed by atoms with Gasteiger partial charge in [0.25, 0.3) is 0 Å². The van der Waals surface area contributed by atoms with Crippen LogP contribution in [0.5, 0.6) is 0 Å². The molecule has 1 aromatic rings. The quantitative estimate of drug-likeness (QED) is 0.790. The van der Waals surface area contributed by atoms with Gasteiger partial charge in [-0.15, -0.1) is 11.3 Å². The zero-order valence-corrected chi connectivity index (χ0v) is 9.83. The van der Waals surface area contributed by atoms with Gasteiger partial charge in [-0.3, -0.25) is 0 Å². The molecule has 0 amide bonds. The molecule has 2 nitrogen and oxygen atoms in total. The molecule has 74 valence electrons. The van der Waals surface area contributed by atoms with Crippen molar-refractivity contribution in [2.45, 2.75) is 33.7 Å². The minimum Gasteiger partial charge on any atom is -0.312 e. The normalized spacial score (nSPS) is 14.5. The van der Waals surface area contributed by atoms with Gasteiger partial charge >= 0.3 is 0 Å². The number of aromatic nitrogens is 1. The average molecular weight is 198 g/mol. The summed E-state index contributed by atoms with van der Waals surface area (Å²) >= 11 is 1.74. The van der Waals surface area contributed by atoms with Gasteiger partial charge < -0.3 is 5.32 Å². The molecule has 1 atom stereocenters. The van der Waals surface area contributed by atoms with Crippen molar-refractivity contribution in [3.63, 3.8) is 0 Å². The lowest BCUT2D eigenvalue weighted by atomic mass is 9.85. The van der Waals surface area contributed by atoms with E-state index in [1.165, 1.54) is 4.88 Å². The van der Waals surface area contributed by atoms with E-state index < -0.39 is 0 Å². The summed E-state index contributed by atoms with van der Waals surface area (Å²) in [5.41, 5.74) is 3.31. The van der Waals surface area contributed by atoms with Crippen molar-refractivity contribution in [2.75, 3.05) is 7.05 Å². The first-order valence-electron chi connectivity index (χ1n) is 4.54. The first-order chi connectivity index (χ1) is 5.96. The van der Waals surface area contributed by atoms with E-state index in [1.807, 2.05) is 12.6 Å². The van der Waals surface area contributed by atoms with Gasteiger partial charge in [-0.25, -0.2) is 4.98 Å². The number of hydrogen-bond donors (Lipinski definition) is 1. The molecule has 0 aliphatic carbocycles. The third kappa shape index (κ3) is 2.29. The molecule has 3 heteroatoms. The lowest BCUT2D eigenvalue weighted by Gasteiger charge is -2.29. The van der Waals surface area contributed by atoms with Crippen molar-refractivity contribution in [3.05, 3.63) is 16.1 Å². The maximum absolute atomic E-state index is 4.28. The highest BCUT2D eigenvalue weighted by atomic mass is 32.1. The fraction of sp³-hybridized carbons (Fsp3) is 0.700. The van der Waals surface area contributed by atoms with Crippen LogP contribution in [-0.2, 0) is 0 Å². The van der Waals surface area contributed by atoms with E-state index in [1.54, 1.807) is 11.3 Å². The van der Waals surface area contributed by atoms with Crippen molar-refractivity contribution in [3.8, 4) is 0 Å². The summed E-state index contributed by atoms with van der Waals surface area (Å²) in [7, 11) is 2.01. The molecule has 0 aromatic carbocycles. The van der Waals surface area contributed by atoms with Crippen LogP contribution >= 0.6 is 11.3 Å². The standard InChI is InChI=1S/C10H18N2S/c1-7-8(13-6-12-7)9(11-5)10(2,3)4/h6,9,11H,1-5H3. The summed E-state index contributed by atoms with van der Waals surface area (Å²) < 4.78 is 0. The third-order valence-corrected chi connectivity index (χ3v) is 3.20. The molecule has 0 saturated heterocycles. The van der Waals surface area contributed by atoms with Crippen molar-refractivity contribution in [1.82, 2.24) is 10.3 Å². The van der Waals surface area contributed by atoms with Crippen LogP contribution in [0.25, 0.3) is 0 Å². The first-order valence-corrected chi connectivity index (χ1v) is 5.42. The SMILES string of the molecule is CNC(c1scnc1C)C(C)(C)C. The van der Waals surface area contributed by atoms with Crippen LogP contribution in [0, 0.1) is 12.3 Å². The Balaban J connectivity index is 2.98. The fourth-order valence-electron chi connectivity index (χ4n) is 1.55. The minimum atomic E-state index is 0.242. The van der Waals surface area contributed by atoms with Crippen molar-refractivity contribution < 1.29 is 0 Å². The highest BCUT2D eigenvalue weighted by Gasteiger charge is 2.27. The topological polar surface area (TPSA) is 24.9 Å². The molecule has 0 aliphatic heterocycles. The average Bonchev–Trinajstić information content (AvgIpc) is 2.35.